The lowest BCUT2D eigenvalue weighted by Crippen LogP contribution is -2.21. The molecule has 1 atom stereocenters. The van der Waals surface area contributed by atoms with Gasteiger partial charge in [0.25, 0.3) is 0 Å². The number of rotatable bonds is 10. The number of amides is 1. The van der Waals surface area contributed by atoms with Crippen LogP contribution in [0.2, 0.25) is 0 Å². The maximum absolute atomic E-state index is 13.4. The summed E-state index contributed by atoms with van der Waals surface area (Å²) in [6, 6.07) is 12.4. The number of para-hydroxylation sites is 1. The molecule has 0 saturated carbocycles. The second-order valence-corrected chi connectivity index (χ2v) is 10.4. The predicted octanol–water partition coefficient (Wildman–Crippen LogP) is 6.65. The van der Waals surface area contributed by atoms with Crippen LogP contribution >= 0.6 is 0 Å². The van der Waals surface area contributed by atoms with Gasteiger partial charge >= 0.3 is 0 Å². The lowest BCUT2D eigenvalue weighted by Gasteiger charge is -2.25. The van der Waals surface area contributed by atoms with E-state index in [9.17, 15) is 4.79 Å². The van der Waals surface area contributed by atoms with Gasteiger partial charge in [0.05, 0.1) is 6.33 Å². The first-order valence-electron chi connectivity index (χ1n) is 12.6. The number of nitrogens with one attached hydrogen (secondary N) is 1. The summed E-state index contributed by atoms with van der Waals surface area (Å²) in [6.45, 7) is 9.66. The van der Waals surface area contributed by atoms with Crippen LogP contribution in [0.25, 0.3) is 0 Å². The monoisotopic (exact) mass is 475 g/mol. The number of carbonyl (C=O) groups is 1. The van der Waals surface area contributed by atoms with Crippen molar-refractivity contribution in [2.75, 3.05) is 12.1 Å². The molecule has 1 aromatic heterocycles. The van der Waals surface area contributed by atoms with E-state index in [-0.39, 0.29) is 24.0 Å². The Balaban J connectivity index is 1.56. The van der Waals surface area contributed by atoms with Crippen molar-refractivity contribution in [3.8, 4) is 11.5 Å². The number of nitrogens with zero attached hydrogens (tertiary/aromatic N) is 2. The van der Waals surface area contributed by atoms with Crippen LogP contribution < -0.4 is 14.8 Å². The minimum Gasteiger partial charge on any atom is -0.454 e. The van der Waals surface area contributed by atoms with Crippen LogP contribution in [0.5, 0.6) is 11.5 Å². The summed E-state index contributed by atoms with van der Waals surface area (Å²) in [6.07, 6.45) is 10.2. The lowest BCUT2D eigenvalue weighted by atomic mass is 9.85. The fourth-order valence-corrected chi connectivity index (χ4v) is 4.75. The van der Waals surface area contributed by atoms with Crippen LogP contribution in [-0.2, 0) is 16.8 Å². The van der Waals surface area contributed by atoms with Gasteiger partial charge in [-0.05, 0) is 41.0 Å². The molecule has 1 unspecified atom stereocenters. The Hall–Kier alpha value is -3.28. The fourth-order valence-electron chi connectivity index (χ4n) is 4.75. The van der Waals surface area contributed by atoms with Gasteiger partial charge in [0, 0.05) is 36.6 Å². The summed E-state index contributed by atoms with van der Waals surface area (Å²) in [4.78, 5) is 17.6. The molecule has 0 saturated heterocycles. The second-order valence-electron chi connectivity index (χ2n) is 10.4. The molecule has 6 nitrogen and oxygen atoms in total. The van der Waals surface area contributed by atoms with Gasteiger partial charge < -0.3 is 19.4 Å². The normalized spacial score (nSPS) is 13.6. The van der Waals surface area contributed by atoms with E-state index in [0.29, 0.717) is 13.0 Å². The quantitative estimate of drug-likeness (QED) is 0.333. The second kappa shape index (κ2) is 11.0. The van der Waals surface area contributed by atoms with Crippen LogP contribution in [0.3, 0.4) is 0 Å². The van der Waals surface area contributed by atoms with Crippen molar-refractivity contribution in [3.05, 3.63) is 71.8 Å². The van der Waals surface area contributed by atoms with Gasteiger partial charge in [0.15, 0.2) is 11.5 Å². The molecule has 0 radical (unpaired) electrons. The van der Waals surface area contributed by atoms with Crippen molar-refractivity contribution >= 4 is 11.6 Å². The van der Waals surface area contributed by atoms with E-state index in [1.807, 2.05) is 22.9 Å². The number of anilines is 1. The van der Waals surface area contributed by atoms with Crippen molar-refractivity contribution in [1.82, 2.24) is 9.55 Å². The fraction of sp³-hybridized carbons (Fsp3) is 0.448. The third-order valence-corrected chi connectivity index (χ3v) is 6.55. The number of aromatic nitrogens is 2. The first-order valence-corrected chi connectivity index (χ1v) is 12.6. The molecule has 0 aliphatic carbocycles. The molecule has 35 heavy (non-hydrogen) atoms. The van der Waals surface area contributed by atoms with E-state index in [2.05, 4.69) is 62.3 Å². The molecule has 2 heterocycles. The molecule has 2 aromatic carbocycles. The standard InChI is InChI=1S/C29H37N3O3/c1-5-6-7-9-22(23-10-8-11-26-28(23)35-20-34-26)17-27(33)31-25-16-21(18-32-15-14-30-19-32)12-13-24(25)29(2,3)4/h8,10-16,19,22H,5-7,9,17-18,20H2,1-4H3,(H,31,33). The maximum atomic E-state index is 13.4. The predicted molar refractivity (Wildman–Crippen MR) is 139 cm³/mol. The van der Waals surface area contributed by atoms with Crippen LogP contribution in [-0.4, -0.2) is 22.3 Å². The zero-order valence-electron chi connectivity index (χ0n) is 21.3. The van der Waals surface area contributed by atoms with E-state index in [1.54, 1.807) is 12.5 Å². The van der Waals surface area contributed by atoms with Crippen LogP contribution in [0.1, 0.15) is 82.4 Å². The van der Waals surface area contributed by atoms with Crippen molar-refractivity contribution in [3.63, 3.8) is 0 Å². The molecule has 0 bridgehead atoms. The number of ether oxygens (including phenoxy) is 2. The van der Waals surface area contributed by atoms with E-state index in [4.69, 9.17) is 9.47 Å². The van der Waals surface area contributed by atoms with E-state index >= 15 is 0 Å². The molecule has 1 aliphatic heterocycles. The third kappa shape index (κ3) is 6.24. The van der Waals surface area contributed by atoms with Crippen LogP contribution in [0, 0.1) is 0 Å². The van der Waals surface area contributed by atoms with Gasteiger partial charge in [-0.1, -0.05) is 71.2 Å². The summed E-state index contributed by atoms with van der Waals surface area (Å²) in [5, 5.41) is 3.26. The highest BCUT2D eigenvalue weighted by molar-refractivity contribution is 5.92. The number of imidazole rings is 1. The van der Waals surface area contributed by atoms with E-state index < -0.39 is 0 Å². The van der Waals surface area contributed by atoms with Crippen molar-refractivity contribution in [2.24, 2.45) is 0 Å². The highest BCUT2D eigenvalue weighted by Gasteiger charge is 2.26. The average molecular weight is 476 g/mol. The Morgan fingerprint density at radius 3 is 2.77 bits per heavy atom. The van der Waals surface area contributed by atoms with Gasteiger partial charge in [0.1, 0.15) is 0 Å². The Kier molecular flexibility index (Phi) is 7.79. The Bertz CT molecular complexity index is 1130. The molecule has 0 fully saturated rings. The van der Waals surface area contributed by atoms with Crippen LogP contribution in [0.4, 0.5) is 5.69 Å². The zero-order valence-corrected chi connectivity index (χ0v) is 21.3. The molecule has 1 aliphatic rings. The molecular formula is C29H37N3O3. The van der Waals surface area contributed by atoms with E-state index in [0.717, 1.165) is 59.6 Å². The molecule has 1 N–H and O–H groups in total. The van der Waals surface area contributed by atoms with Gasteiger partial charge in [0.2, 0.25) is 12.7 Å². The topological polar surface area (TPSA) is 65.4 Å². The average Bonchev–Trinajstić information content (AvgIpc) is 3.49. The lowest BCUT2D eigenvalue weighted by molar-refractivity contribution is -0.116. The van der Waals surface area contributed by atoms with Gasteiger partial charge in [-0.25, -0.2) is 4.98 Å². The zero-order chi connectivity index (χ0) is 24.8. The Morgan fingerprint density at radius 2 is 2.03 bits per heavy atom. The summed E-state index contributed by atoms with van der Waals surface area (Å²) in [5.74, 6) is 1.66. The number of unbranched alkanes of at least 4 members (excludes halogenated alkanes) is 2. The summed E-state index contributed by atoms with van der Waals surface area (Å²) < 4.78 is 13.4. The number of benzene rings is 2. The van der Waals surface area contributed by atoms with Gasteiger partial charge in [-0.15, -0.1) is 0 Å². The summed E-state index contributed by atoms with van der Waals surface area (Å²) in [7, 11) is 0. The Morgan fingerprint density at radius 1 is 1.17 bits per heavy atom. The minimum atomic E-state index is -0.0951. The van der Waals surface area contributed by atoms with Gasteiger partial charge in [-0.3, -0.25) is 4.79 Å². The highest BCUT2D eigenvalue weighted by atomic mass is 16.7. The molecule has 4 rings (SSSR count). The number of hydrogen-bond donors (Lipinski definition) is 1. The van der Waals surface area contributed by atoms with Crippen molar-refractivity contribution in [2.45, 2.75) is 77.7 Å². The summed E-state index contributed by atoms with van der Waals surface area (Å²) >= 11 is 0. The van der Waals surface area contributed by atoms with E-state index in [1.165, 1.54) is 0 Å². The molecule has 6 heteroatoms. The molecular weight excluding hydrogens is 438 g/mol. The Labute approximate surface area is 208 Å². The number of hydrogen-bond acceptors (Lipinski definition) is 4. The maximum Gasteiger partial charge on any atom is 0.231 e. The smallest absolute Gasteiger partial charge is 0.231 e. The highest BCUT2D eigenvalue weighted by Crippen LogP contribution is 2.42. The first kappa shape index (κ1) is 24.8. The molecule has 1 amide bonds. The SMILES string of the molecule is CCCCCC(CC(=O)Nc1cc(Cn2ccnc2)ccc1C(C)(C)C)c1cccc2c1OCO2. The molecule has 3 aromatic rings. The van der Waals surface area contributed by atoms with Crippen LogP contribution in [0.15, 0.2) is 55.1 Å². The minimum absolute atomic E-state index is 0.0216. The third-order valence-electron chi connectivity index (χ3n) is 6.55. The van der Waals surface area contributed by atoms with Crippen molar-refractivity contribution < 1.29 is 14.3 Å². The van der Waals surface area contributed by atoms with Crippen molar-refractivity contribution in [1.29, 1.82) is 0 Å². The summed E-state index contributed by atoms with van der Waals surface area (Å²) in [5.41, 5.74) is 4.10. The number of carbonyl (C=O) groups excluding carboxylic acids is 1. The first-order chi connectivity index (χ1) is 16.8. The molecule has 186 valence electrons. The van der Waals surface area contributed by atoms with Gasteiger partial charge in [-0.2, -0.15) is 0 Å². The number of fused-ring (bicyclic) bond motifs is 1. The molecule has 0 spiro atoms. The largest absolute Gasteiger partial charge is 0.454 e.